The number of aromatic amines is 1. The van der Waals surface area contributed by atoms with Gasteiger partial charge in [0.1, 0.15) is 12.4 Å². The van der Waals surface area contributed by atoms with Crippen LogP contribution in [0.25, 0.3) is 0 Å². The van der Waals surface area contributed by atoms with E-state index in [0.717, 1.165) is 34.3 Å². The van der Waals surface area contributed by atoms with Crippen LogP contribution >= 0.6 is 22.7 Å². The minimum Gasteiger partial charge on any atom is -0.494 e. The van der Waals surface area contributed by atoms with Crippen molar-refractivity contribution in [3.05, 3.63) is 55.4 Å². The number of aryl methyl sites for hydroxylation is 1. The number of H-pyrrole nitrogens is 1. The summed E-state index contributed by atoms with van der Waals surface area (Å²) in [5, 5.41) is 10.6. The van der Waals surface area contributed by atoms with Crippen molar-refractivity contribution in [2.24, 2.45) is 0 Å². The summed E-state index contributed by atoms with van der Waals surface area (Å²) < 4.78 is 5.77. The lowest BCUT2D eigenvalue weighted by Crippen LogP contribution is -2.23. The fraction of sp³-hybridized carbons (Fsp3) is 0.294. The van der Waals surface area contributed by atoms with Gasteiger partial charge in [0.05, 0.1) is 11.4 Å². The minimum absolute atomic E-state index is 0.0456. The van der Waals surface area contributed by atoms with Gasteiger partial charge in [-0.1, -0.05) is 23.5 Å². The van der Waals surface area contributed by atoms with Gasteiger partial charge in [-0.25, -0.2) is 4.98 Å². The lowest BCUT2D eigenvalue weighted by atomic mass is 10.1. The van der Waals surface area contributed by atoms with E-state index in [-0.39, 0.29) is 10.8 Å². The third-order valence-electron chi connectivity index (χ3n) is 3.62. The molecule has 0 aliphatic carbocycles. The van der Waals surface area contributed by atoms with Gasteiger partial charge in [-0.05, 0) is 24.6 Å². The average Bonchev–Trinajstić information content (AvgIpc) is 3.14. The molecule has 6 nitrogen and oxygen atoms in total. The number of nitrogens with zero attached hydrogens (tertiary/aromatic N) is 2. The van der Waals surface area contributed by atoms with E-state index in [1.54, 1.807) is 11.3 Å². The summed E-state index contributed by atoms with van der Waals surface area (Å²) >= 11 is 2.69. The first kappa shape index (κ1) is 17.5. The Balaban J connectivity index is 1.50. The van der Waals surface area contributed by atoms with Crippen LogP contribution in [0.3, 0.4) is 0 Å². The summed E-state index contributed by atoms with van der Waals surface area (Å²) in [6.07, 6.45) is 2.39. The van der Waals surface area contributed by atoms with Crippen molar-refractivity contribution in [1.82, 2.24) is 9.97 Å². The molecule has 0 bridgehead atoms. The molecule has 3 aromatic rings. The first-order valence-corrected chi connectivity index (χ1v) is 9.41. The molecule has 0 saturated carbocycles. The number of aromatic hydroxyl groups is 1. The van der Waals surface area contributed by atoms with Crippen molar-refractivity contribution in [3.63, 3.8) is 0 Å². The highest BCUT2D eigenvalue weighted by atomic mass is 32.1. The number of hydrogen-bond acceptors (Lipinski definition) is 7. The molecule has 0 amide bonds. The zero-order valence-corrected chi connectivity index (χ0v) is 15.6. The molecule has 0 spiro atoms. The van der Waals surface area contributed by atoms with E-state index in [1.165, 1.54) is 4.88 Å². The summed E-state index contributed by atoms with van der Waals surface area (Å²) in [6.45, 7) is 3.35. The summed E-state index contributed by atoms with van der Waals surface area (Å²) in [6, 6.07) is 7.67. The molecule has 0 unspecified atom stereocenters. The van der Waals surface area contributed by atoms with Gasteiger partial charge < -0.3 is 14.7 Å². The molecule has 0 aliphatic heterocycles. The van der Waals surface area contributed by atoms with E-state index in [1.807, 2.05) is 44.4 Å². The standard InChI is InChI=1S/C17H19N3O3S2/c1-11-10-18-16(24-11)20(2)7-8-23-13-5-3-12(4-6-13)9-14-15(21)19-17(22)25-14/h3-6,10,21H,7-9H2,1-2H3,(H,19,22). The molecular weight excluding hydrogens is 358 g/mol. The van der Waals surface area contributed by atoms with Crippen molar-refractivity contribution in [1.29, 1.82) is 0 Å². The van der Waals surface area contributed by atoms with Crippen molar-refractivity contribution in [2.75, 3.05) is 25.1 Å². The number of rotatable bonds is 7. The maximum atomic E-state index is 11.2. The third kappa shape index (κ3) is 4.61. The number of thiazole rings is 2. The first-order valence-electron chi connectivity index (χ1n) is 7.77. The predicted molar refractivity (Wildman–Crippen MR) is 101 cm³/mol. The molecule has 2 aromatic heterocycles. The topological polar surface area (TPSA) is 78.5 Å². The van der Waals surface area contributed by atoms with E-state index in [9.17, 15) is 9.90 Å². The van der Waals surface area contributed by atoms with E-state index in [4.69, 9.17) is 4.74 Å². The number of benzene rings is 1. The van der Waals surface area contributed by atoms with Crippen LogP contribution in [0, 0.1) is 6.92 Å². The lowest BCUT2D eigenvalue weighted by molar-refractivity contribution is 0.326. The van der Waals surface area contributed by atoms with Gasteiger partial charge in [0.25, 0.3) is 0 Å². The number of anilines is 1. The molecule has 0 atom stereocenters. The van der Waals surface area contributed by atoms with Gasteiger partial charge in [0.2, 0.25) is 5.88 Å². The molecule has 0 saturated heterocycles. The van der Waals surface area contributed by atoms with E-state index in [2.05, 4.69) is 14.9 Å². The Labute approximate surface area is 153 Å². The van der Waals surface area contributed by atoms with Gasteiger partial charge in [0, 0.05) is 24.5 Å². The Hall–Kier alpha value is -2.32. The molecule has 0 radical (unpaired) electrons. The maximum absolute atomic E-state index is 11.2. The molecule has 2 heterocycles. The average molecular weight is 377 g/mol. The number of nitrogens with one attached hydrogen (secondary N) is 1. The van der Waals surface area contributed by atoms with Gasteiger partial charge in [-0.3, -0.25) is 9.78 Å². The first-order chi connectivity index (χ1) is 12.0. The van der Waals surface area contributed by atoms with Crippen LogP contribution in [0.4, 0.5) is 5.13 Å². The molecule has 8 heteroatoms. The molecule has 2 N–H and O–H groups in total. The summed E-state index contributed by atoms with van der Waals surface area (Å²) in [4.78, 5) is 21.6. The number of likely N-dealkylation sites (N-methyl/N-ethyl adjacent to an activating group) is 1. The summed E-state index contributed by atoms with van der Waals surface area (Å²) in [5.74, 6) is 0.745. The van der Waals surface area contributed by atoms with Crippen LogP contribution in [0.5, 0.6) is 11.6 Å². The van der Waals surface area contributed by atoms with Gasteiger partial charge >= 0.3 is 4.87 Å². The molecule has 3 rings (SSSR count). The third-order valence-corrected chi connectivity index (χ3v) is 5.52. The second-order valence-corrected chi connectivity index (χ2v) is 7.91. The Kier molecular flexibility index (Phi) is 5.40. The van der Waals surface area contributed by atoms with Crippen LogP contribution in [0.15, 0.2) is 35.3 Å². The molecular formula is C17H19N3O3S2. The second kappa shape index (κ2) is 7.71. The smallest absolute Gasteiger partial charge is 0.307 e. The number of ether oxygens (including phenoxy) is 1. The SMILES string of the molecule is Cc1cnc(N(C)CCOc2ccc(Cc3sc(=O)[nH]c3O)cc2)s1. The summed E-state index contributed by atoms with van der Waals surface area (Å²) in [5.41, 5.74) is 1.01. The Morgan fingerprint density at radius 1 is 1.28 bits per heavy atom. The predicted octanol–water partition coefficient (Wildman–Crippen LogP) is 3.01. The molecule has 0 fully saturated rings. The van der Waals surface area contributed by atoms with E-state index >= 15 is 0 Å². The second-order valence-electron chi connectivity index (χ2n) is 5.63. The van der Waals surface area contributed by atoms with Crippen LogP contribution in [-0.2, 0) is 6.42 Å². The number of hydrogen-bond donors (Lipinski definition) is 2. The maximum Gasteiger partial charge on any atom is 0.307 e. The zero-order chi connectivity index (χ0) is 17.8. The van der Waals surface area contributed by atoms with Gasteiger partial charge in [-0.2, -0.15) is 0 Å². The van der Waals surface area contributed by atoms with Crippen molar-refractivity contribution in [3.8, 4) is 11.6 Å². The lowest BCUT2D eigenvalue weighted by Gasteiger charge is -2.16. The highest BCUT2D eigenvalue weighted by molar-refractivity contribution is 7.15. The fourth-order valence-corrected chi connectivity index (χ4v) is 3.78. The molecule has 25 heavy (non-hydrogen) atoms. The Bertz CT molecular complexity index is 883. The van der Waals surface area contributed by atoms with Gasteiger partial charge in [-0.15, -0.1) is 11.3 Å². The van der Waals surface area contributed by atoms with E-state index < -0.39 is 0 Å². The van der Waals surface area contributed by atoms with Crippen LogP contribution in [0.2, 0.25) is 0 Å². The van der Waals surface area contributed by atoms with Crippen LogP contribution < -0.4 is 14.5 Å². The van der Waals surface area contributed by atoms with Crippen molar-refractivity contribution >= 4 is 27.8 Å². The van der Waals surface area contributed by atoms with Gasteiger partial charge in [0.15, 0.2) is 5.13 Å². The fourth-order valence-electron chi connectivity index (χ4n) is 2.28. The molecule has 0 aliphatic rings. The Morgan fingerprint density at radius 2 is 2.04 bits per heavy atom. The van der Waals surface area contributed by atoms with Crippen molar-refractivity contribution in [2.45, 2.75) is 13.3 Å². The van der Waals surface area contributed by atoms with Crippen LogP contribution in [0.1, 0.15) is 15.3 Å². The minimum atomic E-state index is -0.244. The Morgan fingerprint density at radius 3 is 2.64 bits per heavy atom. The zero-order valence-electron chi connectivity index (χ0n) is 14.0. The largest absolute Gasteiger partial charge is 0.494 e. The highest BCUT2D eigenvalue weighted by Crippen LogP contribution is 2.22. The normalized spacial score (nSPS) is 10.8. The number of aromatic nitrogens is 2. The monoisotopic (exact) mass is 377 g/mol. The molecule has 132 valence electrons. The highest BCUT2D eigenvalue weighted by Gasteiger charge is 2.08. The quantitative estimate of drug-likeness (QED) is 0.662. The molecule has 1 aromatic carbocycles. The van der Waals surface area contributed by atoms with Crippen molar-refractivity contribution < 1.29 is 9.84 Å². The van der Waals surface area contributed by atoms with E-state index in [0.29, 0.717) is 17.9 Å². The summed E-state index contributed by atoms with van der Waals surface area (Å²) in [7, 11) is 2.00. The van der Waals surface area contributed by atoms with Crippen LogP contribution in [-0.4, -0.2) is 35.3 Å².